The first kappa shape index (κ1) is 12.6. The summed E-state index contributed by atoms with van der Waals surface area (Å²) >= 11 is 0. The lowest BCUT2D eigenvalue weighted by Crippen LogP contribution is -2.20. The molecule has 0 saturated heterocycles. The van der Waals surface area contributed by atoms with Crippen LogP contribution in [0.4, 0.5) is 0 Å². The molecule has 0 radical (unpaired) electrons. The standard InChI is InChI=1S/C15H23NO/c1-11(8-9-17-2)15(16)14-7-6-12-4-3-5-13(12)10-14/h6-7,10-11,15H,3-5,8-9,16H2,1-2H3. The first-order valence-corrected chi connectivity index (χ1v) is 6.58. The average Bonchev–Trinajstić information content (AvgIpc) is 2.81. The van der Waals surface area contributed by atoms with Crippen LogP contribution in [0.25, 0.3) is 0 Å². The number of hydrogen-bond donors (Lipinski definition) is 1. The molecule has 0 fully saturated rings. The van der Waals surface area contributed by atoms with Crippen molar-refractivity contribution in [1.82, 2.24) is 0 Å². The molecule has 2 rings (SSSR count). The van der Waals surface area contributed by atoms with Gasteiger partial charge in [-0.3, -0.25) is 0 Å². The van der Waals surface area contributed by atoms with E-state index in [4.69, 9.17) is 10.5 Å². The number of rotatable bonds is 5. The monoisotopic (exact) mass is 233 g/mol. The lowest BCUT2D eigenvalue weighted by molar-refractivity contribution is 0.174. The maximum atomic E-state index is 6.32. The van der Waals surface area contributed by atoms with E-state index in [1.165, 1.54) is 36.0 Å². The molecule has 0 aliphatic heterocycles. The van der Waals surface area contributed by atoms with Gasteiger partial charge in [0.1, 0.15) is 0 Å². The van der Waals surface area contributed by atoms with Crippen LogP contribution in [0.2, 0.25) is 0 Å². The predicted octanol–water partition coefficient (Wildman–Crippen LogP) is 2.85. The summed E-state index contributed by atoms with van der Waals surface area (Å²) in [6, 6.07) is 6.92. The Labute approximate surface area is 104 Å². The highest BCUT2D eigenvalue weighted by Gasteiger charge is 2.17. The zero-order valence-corrected chi connectivity index (χ0v) is 10.9. The highest BCUT2D eigenvalue weighted by atomic mass is 16.5. The van der Waals surface area contributed by atoms with E-state index in [-0.39, 0.29) is 6.04 Å². The number of benzene rings is 1. The quantitative estimate of drug-likeness (QED) is 0.848. The van der Waals surface area contributed by atoms with Gasteiger partial charge in [0.25, 0.3) is 0 Å². The Bertz CT molecular complexity index is 375. The number of aryl methyl sites for hydroxylation is 2. The van der Waals surface area contributed by atoms with Gasteiger partial charge >= 0.3 is 0 Å². The van der Waals surface area contributed by atoms with Crippen molar-refractivity contribution in [2.24, 2.45) is 11.7 Å². The molecule has 2 heteroatoms. The third-order valence-electron chi connectivity index (χ3n) is 3.90. The van der Waals surface area contributed by atoms with Crippen LogP contribution < -0.4 is 5.73 Å². The smallest absolute Gasteiger partial charge is 0.0465 e. The number of fused-ring (bicyclic) bond motifs is 1. The Kier molecular flexibility index (Phi) is 4.19. The molecule has 1 aromatic carbocycles. The summed E-state index contributed by atoms with van der Waals surface area (Å²) in [6.07, 6.45) is 4.79. The molecular formula is C15H23NO. The van der Waals surface area contributed by atoms with Crippen molar-refractivity contribution in [3.8, 4) is 0 Å². The van der Waals surface area contributed by atoms with Crippen LogP contribution in [-0.2, 0) is 17.6 Å². The Balaban J connectivity index is 2.06. The topological polar surface area (TPSA) is 35.2 Å². The second kappa shape index (κ2) is 5.65. The predicted molar refractivity (Wildman–Crippen MR) is 71.1 cm³/mol. The van der Waals surface area contributed by atoms with E-state index in [1.807, 2.05) is 0 Å². The molecule has 17 heavy (non-hydrogen) atoms. The van der Waals surface area contributed by atoms with Crippen molar-refractivity contribution in [2.75, 3.05) is 13.7 Å². The molecular weight excluding hydrogens is 210 g/mol. The lowest BCUT2D eigenvalue weighted by atomic mass is 9.91. The molecule has 2 atom stereocenters. The molecule has 1 aliphatic carbocycles. The van der Waals surface area contributed by atoms with Gasteiger partial charge in [0, 0.05) is 19.8 Å². The molecule has 1 aromatic rings. The van der Waals surface area contributed by atoms with Crippen molar-refractivity contribution in [2.45, 2.75) is 38.6 Å². The third kappa shape index (κ3) is 2.88. The van der Waals surface area contributed by atoms with Crippen molar-refractivity contribution >= 4 is 0 Å². The van der Waals surface area contributed by atoms with Crippen molar-refractivity contribution in [3.63, 3.8) is 0 Å². The average molecular weight is 233 g/mol. The fourth-order valence-corrected chi connectivity index (χ4v) is 2.61. The van der Waals surface area contributed by atoms with Gasteiger partial charge < -0.3 is 10.5 Å². The third-order valence-corrected chi connectivity index (χ3v) is 3.90. The Morgan fingerprint density at radius 3 is 2.82 bits per heavy atom. The summed E-state index contributed by atoms with van der Waals surface area (Å²) in [5.74, 6) is 0.467. The number of ether oxygens (including phenoxy) is 1. The second-order valence-electron chi connectivity index (χ2n) is 5.17. The zero-order valence-electron chi connectivity index (χ0n) is 10.9. The number of hydrogen-bond acceptors (Lipinski definition) is 2. The minimum absolute atomic E-state index is 0.135. The molecule has 0 saturated carbocycles. The van der Waals surface area contributed by atoms with E-state index in [2.05, 4.69) is 25.1 Å². The normalized spacial score (nSPS) is 17.8. The van der Waals surface area contributed by atoms with Crippen LogP contribution in [-0.4, -0.2) is 13.7 Å². The summed E-state index contributed by atoms with van der Waals surface area (Å²) in [5.41, 5.74) is 10.6. The van der Waals surface area contributed by atoms with Crippen molar-refractivity contribution in [1.29, 1.82) is 0 Å². The van der Waals surface area contributed by atoms with Crippen molar-refractivity contribution < 1.29 is 4.74 Å². The van der Waals surface area contributed by atoms with E-state index >= 15 is 0 Å². The van der Waals surface area contributed by atoms with Crippen LogP contribution >= 0.6 is 0 Å². The van der Waals surface area contributed by atoms with E-state index in [1.54, 1.807) is 7.11 Å². The SMILES string of the molecule is COCCC(C)C(N)c1ccc2c(c1)CCC2. The minimum atomic E-state index is 0.135. The molecule has 1 aliphatic rings. The summed E-state index contributed by atoms with van der Waals surface area (Å²) in [7, 11) is 1.74. The van der Waals surface area contributed by atoms with E-state index in [0.29, 0.717) is 5.92 Å². The largest absolute Gasteiger partial charge is 0.385 e. The van der Waals surface area contributed by atoms with Crippen LogP contribution in [0.1, 0.15) is 42.5 Å². The van der Waals surface area contributed by atoms with Gasteiger partial charge in [-0.15, -0.1) is 0 Å². The molecule has 2 N–H and O–H groups in total. The zero-order chi connectivity index (χ0) is 12.3. The summed E-state index contributed by atoms with van der Waals surface area (Å²) in [6.45, 7) is 3.00. The Morgan fingerprint density at radius 1 is 1.29 bits per heavy atom. The van der Waals surface area contributed by atoms with Gasteiger partial charge in [0.2, 0.25) is 0 Å². The first-order chi connectivity index (χ1) is 8.22. The summed E-state index contributed by atoms with van der Waals surface area (Å²) < 4.78 is 5.12. The van der Waals surface area contributed by atoms with Crippen LogP contribution in [0, 0.1) is 5.92 Å². The van der Waals surface area contributed by atoms with Gasteiger partial charge in [-0.05, 0) is 48.3 Å². The molecule has 2 unspecified atom stereocenters. The molecule has 0 spiro atoms. The van der Waals surface area contributed by atoms with Gasteiger partial charge in [0.15, 0.2) is 0 Å². The number of methoxy groups -OCH3 is 1. The fraction of sp³-hybridized carbons (Fsp3) is 0.600. The van der Waals surface area contributed by atoms with Gasteiger partial charge in [-0.1, -0.05) is 25.1 Å². The molecule has 0 heterocycles. The molecule has 94 valence electrons. The van der Waals surface area contributed by atoms with Gasteiger partial charge in [-0.25, -0.2) is 0 Å². The highest BCUT2D eigenvalue weighted by Crippen LogP contribution is 2.28. The van der Waals surface area contributed by atoms with Crippen molar-refractivity contribution in [3.05, 3.63) is 34.9 Å². The van der Waals surface area contributed by atoms with Crippen LogP contribution in [0.3, 0.4) is 0 Å². The lowest BCUT2D eigenvalue weighted by Gasteiger charge is -2.20. The molecule has 0 amide bonds. The second-order valence-corrected chi connectivity index (χ2v) is 5.17. The summed E-state index contributed by atoms with van der Waals surface area (Å²) in [4.78, 5) is 0. The van der Waals surface area contributed by atoms with Crippen LogP contribution in [0.5, 0.6) is 0 Å². The molecule has 0 aromatic heterocycles. The van der Waals surface area contributed by atoms with E-state index in [9.17, 15) is 0 Å². The number of nitrogens with two attached hydrogens (primary N) is 1. The maximum absolute atomic E-state index is 6.32. The van der Waals surface area contributed by atoms with Gasteiger partial charge in [-0.2, -0.15) is 0 Å². The molecule has 2 nitrogen and oxygen atoms in total. The Morgan fingerprint density at radius 2 is 2.06 bits per heavy atom. The first-order valence-electron chi connectivity index (χ1n) is 6.58. The Hall–Kier alpha value is -0.860. The van der Waals surface area contributed by atoms with E-state index < -0.39 is 0 Å². The molecule has 0 bridgehead atoms. The maximum Gasteiger partial charge on any atom is 0.0465 e. The highest BCUT2D eigenvalue weighted by molar-refractivity contribution is 5.36. The van der Waals surface area contributed by atoms with E-state index in [0.717, 1.165) is 13.0 Å². The summed E-state index contributed by atoms with van der Waals surface area (Å²) in [5, 5.41) is 0. The minimum Gasteiger partial charge on any atom is -0.385 e. The fourth-order valence-electron chi connectivity index (χ4n) is 2.61. The van der Waals surface area contributed by atoms with Gasteiger partial charge in [0.05, 0.1) is 0 Å². The van der Waals surface area contributed by atoms with Crippen LogP contribution in [0.15, 0.2) is 18.2 Å².